The Morgan fingerprint density at radius 3 is 2.42 bits per heavy atom. The van der Waals surface area contributed by atoms with Crippen LogP contribution in [0.3, 0.4) is 0 Å². The lowest BCUT2D eigenvalue weighted by molar-refractivity contribution is -0.274. The van der Waals surface area contributed by atoms with E-state index in [0.29, 0.717) is 16.9 Å². The number of benzene rings is 1. The molecular formula is C15H15F3N6OS. The summed E-state index contributed by atoms with van der Waals surface area (Å²) in [4.78, 5) is 0. The van der Waals surface area contributed by atoms with E-state index >= 15 is 0 Å². The molecule has 0 unspecified atom stereocenters. The lowest BCUT2D eigenvalue weighted by atomic mass is 10.2. The van der Waals surface area contributed by atoms with Gasteiger partial charge in [0.1, 0.15) is 5.75 Å². The van der Waals surface area contributed by atoms with Crippen LogP contribution in [0.2, 0.25) is 0 Å². The van der Waals surface area contributed by atoms with Crippen molar-refractivity contribution in [1.29, 1.82) is 0 Å². The van der Waals surface area contributed by atoms with Crippen molar-refractivity contribution in [3.63, 3.8) is 0 Å². The van der Waals surface area contributed by atoms with Crippen LogP contribution in [0, 0.1) is 13.8 Å². The highest BCUT2D eigenvalue weighted by molar-refractivity contribution is 7.98. The molecule has 0 amide bonds. The van der Waals surface area contributed by atoms with Gasteiger partial charge in [0.25, 0.3) is 5.95 Å². The molecule has 138 valence electrons. The second kappa shape index (κ2) is 6.90. The van der Waals surface area contributed by atoms with E-state index in [1.807, 2.05) is 19.9 Å². The van der Waals surface area contributed by atoms with Crippen molar-refractivity contribution in [1.82, 2.24) is 24.7 Å². The Labute approximate surface area is 150 Å². The van der Waals surface area contributed by atoms with E-state index < -0.39 is 6.36 Å². The van der Waals surface area contributed by atoms with E-state index in [9.17, 15) is 13.2 Å². The van der Waals surface area contributed by atoms with Gasteiger partial charge in [-0.3, -0.25) is 0 Å². The molecule has 7 nitrogen and oxygen atoms in total. The van der Waals surface area contributed by atoms with Crippen molar-refractivity contribution in [3.8, 4) is 11.7 Å². The first-order chi connectivity index (χ1) is 12.2. The lowest BCUT2D eigenvalue weighted by Gasteiger charge is -2.09. The number of ether oxygens (including phenoxy) is 1. The summed E-state index contributed by atoms with van der Waals surface area (Å²) < 4.78 is 43.2. The molecule has 3 rings (SSSR count). The number of hydrogen-bond donors (Lipinski definition) is 1. The normalized spacial score (nSPS) is 11.7. The third-order valence-electron chi connectivity index (χ3n) is 3.37. The quantitative estimate of drug-likeness (QED) is 0.538. The minimum atomic E-state index is -4.70. The summed E-state index contributed by atoms with van der Waals surface area (Å²) >= 11 is 1.31. The van der Waals surface area contributed by atoms with Crippen molar-refractivity contribution in [2.24, 2.45) is 0 Å². The van der Waals surface area contributed by atoms with Crippen molar-refractivity contribution in [2.45, 2.75) is 31.1 Å². The summed E-state index contributed by atoms with van der Waals surface area (Å²) in [6, 6.07) is 7.52. The lowest BCUT2D eigenvalue weighted by Crippen LogP contribution is -2.17. The monoisotopic (exact) mass is 384 g/mol. The number of halogens is 3. The van der Waals surface area contributed by atoms with Gasteiger partial charge in [-0.15, -0.1) is 23.4 Å². The van der Waals surface area contributed by atoms with Crippen LogP contribution in [0.4, 0.5) is 13.2 Å². The van der Waals surface area contributed by atoms with Crippen LogP contribution in [-0.4, -0.2) is 31.0 Å². The molecule has 0 radical (unpaired) electrons. The van der Waals surface area contributed by atoms with E-state index in [1.54, 1.807) is 16.8 Å². The smallest absolute Gasteiger partial charge is 0.406 e. The highest BCUT2D eigenvalue weighted by Gasteiger charge is 2.30. The summed E-state index contributed by atoms with van der Waals surface area (Å²) in [6.45, 7) is 3.74. The van der Waals surface area contributed by atoms with Gasteiger partial charge >= 0.3 is 6.36 Å². The molecule has 0 saturated carbocycles. The van der Waals surface area contributed by atoms with Gasteiger partial charge in [-0.1, -0.05) is 23.9 Å². The first-order valence-electron chi connectivity index (χ1n) is 7.44. The van der Waals surface area contributed by atoms with Crippen LogP contribution in [0.25, 0.3) is 5.95 Å². The molecule has 0 fully saturated rings. The molecule has 0 saturated heterocycles. The van der Waals surface area contributed by atoms with Gasteiger partial charge in [0.15, 0.2) is 0 Å². The molecule has 0 atom stereocenters. The molecule has 2 aromatic heterocycles. The van der Waals surface area contributed by atoms with Crippen LogP contribution in [0.15, 0.2) is 35.5 Å². The van der Waals surface area contributed by atoms with Gasteiger partial charge in [-0.25, -0.2) is 9.36 Å². The fourth-order valence-corrected chi connectivity index (χ4v) is 3.09. The Balaban J connectivity index is 1.68. The van der Waals surface area contributed by atoms with Gasteiger partial charge < -0.3 is 10.6 Å². The number of rotatable bonds is 5. The van der Waals surface area contributed by atoms with Crippen molar-refractivity contribution in [3.05, 3.63) is 47.3 Å². The number of alkyl halides is 3. The number of nitrogens with two attached hydrogens (primary N) is 1. The van der Waals surface area contributed by atoms with Gasteiger partial charge in [0.05, 0.1) is 5.69 Å². The fourth-order valence-electron chi connectivity index (χ4n) is 2.28. The average Bonchev–Trinajstić information content (AvgIpc) is 3.07. The molecule has 0 bridgehead atoms. The number of nitrogens with zero attached hydrogens (tertiary/aromatic N) is 5. The summed E-state index contributed by atoms with van der Waals surface area (Å²) in [5, 5.41) is 12.9. The molecule has 0 aliphatic rings. The van der Waals surface area contributed by atoms with Crippen LogP contribution >= 0.6 is 11.8 Å². The summed E-state index contributed by atoms with van der Waals surface area (Å²) in [5.41, 5.74) is 2.50. The maximum absolute atomic E-state index is 12.2. The predicted octanol–water partition coefficient (Wildman–Crippen LogP) is 2.99. The Bertz CT molecular complexity index is 903. The van der Waals surface area contributed by atoms with E-state index in [0.717, 1.165) is 17.0 Å². The van der Waals surface area contributed by atoms with Crippen LogP contribution in [0.1, 0.15) is 17.0 Å². The second-order valence-electron chi connectivity index (χ2n) is 5.47. The maximum atomic E-state index is 12.2. The van der Waals surface area contributed by atoms with Crippen molar-refractivity contribution in [2.75, 3.05) is 5.84 Å². The Morgan fingerprint density at radius 2 is 1.85 bits per heavy atom. The van der Waals surface area contributed by atoms with Gasteiger partial charge in [-0.05, 0) is 37.6 Å². The number of aryl methyl sites for hydroxylation is 2. The standard InChI is InChI=1S/C15H15F3N6OS/c1-9-7-10(2)24(22-9)13-20-21-14(23(13)19)26-8-11-3-5-12(6-4-11)25-15(16,17)18/h3-7H,8,19H2,1-2H3. The van der Waals surface area contributed by atoms with E-state index in [-0.39, 0.29) is 5.75 Å². The van der Waals surface area contributed by atoms with Crippen molar-refractivity contribution < 1.29 is 17.9 Å². The highest BCUT2D eigenvalue weighted by Crippen LogP contribution is 2.26. The summed E-state index contributed by atoms with van der Waals surface area (Å²) in [6.07, 6.45) is -4.70. The largest absolute Gasteiger partial charge is 0.573 e. The number of hydrogen-bond acceptors (Lipinski definition) is 6. The second-order valence-corrected chi connectivity index (χ2v) is 6.41. The molecule has 26 heavy (non-hydrogen) atoms. The van der Waals surface area contributed by atoms with Gasteiger partial charge in [0, 0.05) is 11.4 Å². The van der Waals surface area contributed by atoms with Gasteiger partial charge in [0.2, 0.25) is 5.16 Å². The summed E-state index contributed by atoms with van der Waals surface area (Å²) in [7, 11) is 0. The highest BCUT2D eigenvalue weighted by atomic mass is 32.2. The summed E-state index contributed by atoms with van der Waals surface area (Å²) in [5.74, 6) is 6.61. The number of nitrogen functional groups attached to an aromatic ring is 1. The number of aromatic nitrogens is 5. The fraction of sp³-hybridized carbons (Fsp3) is 0.267. The zero-order valence-corrected chi connectivity index (χ0v) is 14.7. The van der Waals surface area contributed by atoms with Gasteiger partial charge in [-0.2, -0.15) is 5.10 Å². The van der Waals surface area contributed by atoms with Crippen LogP contribution in [-0.2, 0) is 5.75 Å². The SMILES string of the molecule is Cc1cc(C)n(-c2nnc(SCc3ccc(OC(F)(F)F)cc3)n2N)n1. The van der Waals surface area contributed by atoms with E-state index in [4.69, 9.17) is 5.84 Å². The molecular weight excluding hydrogens is 369 g/mol. The molecule has 0 spiro atoms. The molecule has 1 aromatic carbocycles. The third-order valence-corrected chi connectivity index (χ3v) is 4.38. The minimum Gasteiger partial charge on any atom is -0.406 e. The maximum Gasteiger partial charge on any atom is 0.573 e. The minimum absolute atomic E-state index is 0.264. The first-order valence-corrected chi connectivity index (χ1v) is 8.43. The van der Waals surface area contributed by atoms with Crippen LogP contribution < -0.4 is 10.6 Å². The predicted molar refractivity (Wildman–Crippen MR) is 89.5 cm³/mol. The topological polar surface area (TPSA) is 83.8 Å². The molecule has 0 aliphatic carbocycles. The van der Waals surface area contributed by atoms with Crippen molar-refractivity contribution >= 4 is 11.8 Å². The molecule has 3 aromatic rings. The zero-order chi connectivity index (χ0) is 18.9. The number of thioether (sulfide) groups is 1. The van der Waals surface area contributed by atoms with E-state index in [1.165, 1.54) is 28.6 Å². The first kappa shape index (κ1) is 18.1. The molecule has 11 heteroatoms. The molecule has 2 N–H and O–H groups in total. The Morgan fingerprint density at radius 1 is 1.15 bits per heavy atom. The van der Waals surface area contributed by atoms with E-state index in [2.05, 4.69) is 20.0 Å². The molecule has 0 aliphatic heterocycles. The average molecular weight is 384 g/mol. The Hall–Kier alpha value is -2.69. The Kier molecular flexibility index (Phi) is 4.81. The van der Waals surface area contributed by atoms with Crippen LogP contribution in [0.5, 0.6) is 5.75 Å². The third kappa shape index (κ3) is 4.10. The molecule has 2 heterocycles. The zero-order valence-electron chi connectivity index (χ0n) is 13.9.